The highest BCUT2D eigenvalue weighted by atomic mass is 16.5. The summed E-state index contributed by atoms with van der Waals surface area (Å²) in [5.41, 5.74) is 0.776. The van der Waals surface area contributed by atoms with E-state index in [1.807, 2.05) is 24.3 Å². The van der Waals surface area contributed by atoms with Crippen molar-refractivity contribution in [3.63, 3.8) is 0 Å². The van der Waals surface area contributed by atoms with E-state index >= 15 is 0 Å². The third kappa shape index (κ3) is 2.38. The summed E-state index contributed by atoms with van der Waals surface area (Å²) in [4.78, 5) is 19.3. The highest BCUT2D eigenvalue weighted by Crippen LogP contribution is 2.52. The number of carbonyl (C=O) groups excluding carboxylic acids is 1. The van der Waals surface area contributed by atoms with Crippen LogP contribution in [0.2, 0.25) is 0 Å². The number of hydrogen-bond donors (Lipinski definition) is 1. The molecule has 1 fully saturated rings. The lowest BCUT2D eigenvalue weighted by molar-refractivity contribution is -0.0426. The van der Waals surface area contributed by atoms with Gasteiger partial charge in [-0.15, -0.1) is 0 Å². The summed E-state index contributed by atoms with van der Waals surface area (Å²) in [6.07, 6.45) is 3.14. The molecule has 2 aliphatic heterocycles. The van der Waals surface area contributed by atoms with Crippen LogP contribution in [0.15, 0.2) is 48.7 Å². The Hall–Kier alpha value is -2.24. The molecule has 3 unspecified atom stereocenters. The molecular formula is C20H22N2O3. The van der Waals surface area contributed by atoms with E-state index in [9.17, 15) is 9.90 Å². The Labute approximate surface area is 147 Å². The summed E-state index contributed by atoms with van der Waals surface area (Å²) in [5, 5.41) is 11.6. The van der Waals surface area contributed by atoms with Crippen molar-refractivity contribution in [2.75, 3.05) is 18.1 Å². The number of hydrogen-bond acceptors (Lipinski definition) is 5. The fourth-order valence-corrected chi connectivity index (χ4v) is 3.98. The quantitative estimate of drug-likeness (QED) is 0.850. The van der Waals surface area contributed by atoms with E-state index < -0.39 is 17.7 Å². The van der Waals surface area contributed by atoms with E-state index in [-0.39, 0.29) is 12.4 Å². The van der Waals surface area contributed by atoms with Gasteiger partial charge in [0.2, 0.25) is 0 Å². The van der Waals surface area contributed by atoms with Gasteiger partial charge in [0.1, 0.15) is 11.3 Å². The zero-order valence-corrected chi connectivity index (χ0v) is 14.3. The van der Waals surface area contributed by atoms with Gasteiger partial charge in [0, 0.05) is 24.0 Å². The Morgan fingerprint density at radius 3 is 2.88 bits per heavy atom. The van der Waals surface area contributed by atoms with Gasteiger partial charge in [0.25, 0.3) is 0 Å². The largest absolute Gasteiger partial charge is 0.379 e. The highest BCUT2D eigenvalue weighted by molar-refractivity contribution is 5.98. The number of carbonyl (C=O) groups is 1. The monoisotopic (exact) mass is 338 g/mol. The molecule has 2 aromatic rings. The van der Waals surface area contributed by atoms with Crippen LogP contribution in [0.3, 0.4) is 0 Å². The molecule has 1 aromatic carbocycles. The van der Waals surface area contributed by atoms with Crippen LogP contribution in [-0.2, 0) is 10.3 Å². The van der Waals surface area contributed by atoms with Gasteiger partial charge in [-0.1, -0.05) is 37.6 Å². The number of pyridine rings is 1. The Morgan fingerprint density at radius 2 is 2.12 bits per heavy atom. The third-order valence-electron chi connectivity index (χ3n) is 5.24. The van der Waals surface area contributed by atoms with Crippen molar-refractivity contribution in [2.24, 2.45) is 5.92 Å². The van der Waals surface area contributed by atoms with E-state index in [0.29, 0.717) is 5.69 Å². The minimum Gasteiger partial charge on any atom is -0.379 e. The molecule has 130 valence electrons. The molecule has 0 spiro atoms. The number of nitrogens with zero attached hydrogens (tertiary/aromatic N) is 2. The molecule has 1 saturated heterocycles. The molecule has 0 bridgehead atoms. The summed E-state index contributed by atoms with van der Waals surface area (Å²) in [5.74, 6) is -0.821. The first-order valence-corrected chi connectivity index (χ1v) is 8.83. The van der Waals surface area contributed by atoms with Gasteiger partial charge in [-0.25, -0.2) is 0 Å². The minimum absolute atomic E-state index is 0.169. The van der Waals surface area contributed by atoms with E-state index in [1.54, 1.807) is 24.4 Å². The SMILES string of the molecule is CCCCN1c2ccccc2C2(O)C(C(=O)c3ccccn3)COC12. The van der Waals surface area contributed by atoms with Crippen molar-refractivity contribution in [2.45, 2.75) is 31.6 Å². The van der Waals surface area contributed by atoms with Gasteiger partial charge in [0.05, 0.1) is 12.5 Å². The average Bonchev–Trinajstić information content (AvgIpc) is 3.11. The third-order valence-corrected chi connectivity index (χ3v) is 5.24. The first-order valence-electron chi connectivity index (χ1n) is 8.83. The lowest BCUT2D eigenvalue weighted by Crippen LogP contribution is -2.47. The summed E-state index contributed by atoms with van der Waals surface area (Å²) < 4.78 is 5.95. The average molecular weight is 338 g/mol. The van der Waals surface area contributed by atoms with E-state index in [0.717, 1.165) is 30.6 Å². The molecule has 0 aliphatic carbocycles. The van der Waals surface area contributed by atoms with Crippen LogP contribution in [0, 0.1) is 5.92 Å². The fraction of sp³-hybridized carbons (Fsp3) is 0.400. The van der Waals surface area contributed by atoms with Gasteiger partial charge in [0.15, 0.2) is 12.0 Å². The lowest BCUT2D eigenvalue weighted by atomic mass is 9.80. The number of rotatable bonds is 5. The standard InChI is InChI=1S/C20H22N2O3/c1-2-3-12-22-17-10-5-4-8-14(17)20(24)15(13-25-19(20)22)18(23)16-9-6-7-11-21-16/h4-11,15,19,24H,2-3,12-13H2,1H3. The molecule has 5 heteroatoms. The second-order valence-electron chi connectivity index (χ2n) is 6.71. The molecule has 25 heavy (non-hydrogen) atoms. The summed E-state index contributed by atoms with van der Waals surface area (Å²) in [7, 11) is 0. The van der Waals surface area contributed by atoms with Crippen molar-refractivity contribution in [1.29, 1.82) is 0 Å². The predicted octanol–water partition coefficient (Wildman–Crippen LogP) is 2.74. The molecule has 1 aromatic heterocycles. The van der Waals surface area contributed by atoms with Crippen LogP contribution in [0.5, 0.6) is 0 Å². The van der Waals surface area contributed by atoms with Crippen LogP contribution < -0.4 is 4.90 Å². The fourth-order valence-electron chi connectivity index (χ4n) is 3.98. The molecule has 0 amide bonds. The molecule has 3 atom stereocenters. The lowest BCUT2D eigenvalue weighted by Gasteiger charge is -2.30. The molecule has 5 nitrogen and oxygen atoms in total. The number of unbranched alkanes of at least 4 members (excludes halogenated alkanes) is 1. The van der Waals surface area contributed by atoms with Crippen molar-refractivity contribution in [3.8, 4) is 0 Å². The number of aromatic nitrogens is 1. The van der Waals surface area contributed by atoms with Crippen LogP contribution >= 0.6 is 0 Å². The van der Waals surface area contributed by atoms with Crippen LogP contribution in [-0.4, -0.2) is 35.3 Å². The number of anilines is 1. The topological polar surface area (TPSA) is 62.7 Å². The van der Waals surface area contributed by atoms with Crippen molar-refractivity contribution >= 4 is 11.5 Å². The molecule has 3 heterocycles. The van der Waals surface area contributed by atoms with Gasteiger partial charge in [-0.3, -0.25) is 9.78 Å². The zero-order chi connectivity index (χ0) is 17.4. The smallest absolute Gasteiger partial charge is 0.189 e. The second kappa shape index (κ2) is 6.24. The number of benzene rings is 1. The summed E-state index contributed by atoms with van der Waals surface area (Å²) in [6.45, 7) is 3.13. The second-order valence-corrected chi connectivity index (χ2v) is 6.71. The van der Waals surface area contributed by atoms with Crippen LogP contribution in [0.25, 0.3) is 0 Å². The number of ketones is 1. The van der Waals surface area contributed by atoms with Gasteiger partial charge >= 0.3 is 0 Å². The molecule has 1 N–H and O–H groups in total. The number of ether oxygens (including phenoxy) is 1. The van der Waals surface area contributed by atoms with Crippen LogP contribution in [0.1, 0.15) is 35.8 Å². The Morgan fingerprint density at radius 1 is 1.32 bits per heavy atom. The van der Waals surface area contributed by atoms with E-state index in [4.69, 9.17) is 4.74 Å². The minimum atomic E-state index is -1.33. The summed E-state index contributed by atoms with van der Waals surface area (Å²) >= 11 is 0. The van der Waals surface area contributed by atoms with Crippen molar-refractivity contribution in [3.05, 3.63) is 59.9 Å². The normalized spacial score (nSPS) is 27.2. The Balaban J connectivity index is 1.74. The number of Topliss-reactive ketones (excluding diaryl/α,β-unsaturated/α-hetero) is 1. The van der Waals surface area contributed by atoms with Gasteiger partial charge in [-0.05, 0) is 24.6 Å². The number of aliphatic hydroxyl groups is 1. The number of fused-ring (bicyclic) bond motifs is 3. The molecule has 0 saturated carbocycles. The Bertz CT molecular complexity index is 780. The highest BCUT2D eigenvalue weighted by Gasteiger charge is 2.61. The number of para-hydroxylation sites is 1. The van der Waals surface area contributed by atoms with Crippen LogP contribution in [0.4, 0.5) is 5.69 Å². The van der Waals surface area contributed by atoms with Gasteiger partial charge in [-0.2, -0.15) is 0 Å². The maximum Gasteiger partial charge on any atom is 0.189 e. The van der Waals surface area contributed by atoms with Crippen molar-refractivity contribution in [1.82, 2.24) is 4.98 Å². The zero-order valence-electron chi connectivity index (χ0n) is 14.3. The molecule has 0 radical (unpaired) electrons. The maximum atomic E-state index is 13.0. The molecule has 4 rings (SSSR count). The van der Waals surface area contributed by atoms with Crippen molar-refractivity contribution < 1.29 is 14.6 Å². The molecule has 2 aliphatic rings. The maximum absolute atomic E-state index is 13.0. The Kier molecular flexibility index (Phi) is 4.06. The molecular weight excluding hydrogens is 316 g/mol. The summed E-state index contributed by atoms with van der Waals surface area (Å²) in [6, 6.07) is 13.0. The van der Waals surface area contributed by atoms with E-state index in [2.05, 4.69) is 16.8 Å². The first kappa shape index (κ1) is 16.2. The van der Waals surface area contributed by atoms with E-state index in [1.165, 1.54) is 0 Å². The first-order chi connectivity index (χ1) is 12.2. The predicted molar refractivity (Wildman–Crippen MR) is 94.4 cm³/mol. The van der Waals surface area contributed by atoms with Gasteiger partial charge < -0.3 is 14.7 Å².